The van der Waals surface area contributed by atoms with Gasteiger partial charge in [-0.05, 0) is 36.6 Å². The largest absolute Gasteiger partial charge is 0.506 e. The molecule has 4 rings (SSSR count). The van der Waals surface area contributed by atoms with Crippen LogP contribution in [0.25, 0.3) is 0 Å². The maximum atomic E-state index is 13.6. The predicted octanol–water partition coefficient (Wildman–Crippen LogP) is 3.94. The van der Waals surface area contributed by atoms with Gasteiger partial charge in [0.05, 0.1) is 12.6 Å². The molecule has 4 aromatic rings. The third-order valence-electron chi connectivity index (χ3n) is 7.04. The van der Waals surface area contributed by atoms with Gasteiger partial charge >= 0.3 is 5.97 Å². The van der Waals surface area contributed by atoms with Gasteiger partial charge in [-0.3, -0.25) is 24.3 Å². The fourth-order valence-corrected chi connectivity index (χ4v) is 4.81. The normalized spacial score (nSPS) is 13.0. The van der Waals surface area contributed by atoms with Gasteiger partial charge in [-0.15, -0.1) is 0 Å². The molecule has 0 aliphatic heterocycles. The van der Waals surface area contributed by atoms with Crippen LogP contribution in [-0.4, -0.2) is 43.8 Å². The SMILES string of the molecule is C[C@@H](NC(=O)c1c(O)c(C(=O)NC(N[C@H](C)c2ccccc2)C(=O)O)c(=O)n(Cc2ccccc2Cl)c1O)c1ccccc1. The Kier molecular flexibility index (Phi) is 10.0. The van der Waals surface area contributed by atoms with Gasteiger partial charge in [-0.1, -0.05) is 90.5 Å². The van der Waals surface area contributed by atoms with Crippen LogP contribution in [0.15, 0.2) is 89.7 Å². The number of aromatic nitrogens is 1. The Morgan fingerprint density at radius 1 is 0.773 bits per heavy atom. The molecule has 0 saturated carbocycles. The monoisotopic (exact) mass is 618 g/mol. The lowest BCUT2D eigenvalue weighted by Crippen LogP contribution is -2.52. The van der Waals surface area contributed by atoms with Crippen molar-refractivity contribution in [3.05, 3.63) is 128 Å². The number of halogens is 1. The number of nitrogens with one attached hydrogen (secondary N) is 3. The molecule has 0 spiro atoms. The van der Waals surface area contributed by atoms with Crippen LogP contribution in [0.5, 0.6) is 11.6 Å². The zero-order valence-electron chi connectivity index (χ0n) is 23.8. The third-order valence-corrected chi connectivity index (χ3v) is 7.41. The quantitative estimate of drug-likeness (QED) is 0.137. The number of benzene rings is 3. The summed E-state index contributed by atoms with van der Waals surface area (Å²) in [5.74, 6) is -5.76. The number of carbonyl (C=O) groups excluding carboxylic acids is 2. The fourth-order valence-electron chi connectivity index (χ4n) is 4.62. The number of carbonyl (C=O) groups is 3. The van der Waals surface area contributed by atoms with Crippen LogP contribution in [0.3, 0.4) is 0 Å². The smallest absolute Gasteiger partial charge is 0.341 e. The van der Waals surface area contributed by atoms with Crippen molar-refractivity contribution in [1.82, 2.24) is 20.5 Å². The number of amides is 2. The Labute approximate surface area is 257 Å². The summed E-state index contributed by atoms with van der Waals surface area (Å²) in [6.07, 6.45) is -1.70. The average molecular weight is 619 g/mol. The number of rotatable bonds is 11. The Morgan fingerprint density at radius 3 is 1.86 bits per heavy atom. The standard InChI is InChI=1S/C32H31ClN4O7/c1-18(20-11-5-3-6-12-20)34-27(32(43)44)36-29(40)25-26(38)24(28(39)35-19(2)21-13-7-4-8-14-21)30(41)37(31(25)42)17-22-15-9-10-16-23(22)33/h3-16,18-19,27,34,38,41H,17H2,1-2H3,(H,35,39)(H,36,40)(H,43,44)/t18-,19-,27?/m1/s1. The van der Waals surface area contributed by atoms with Crippen molar-refractivity contribution in [3.8, 4) is 11.6 Å². The zero-order valence-corrected chi connectivity index (χ0v) is 24.6. The van der Waals surface area contributed by atoms with Crippen LogP contribution < -0.4 is 21.5 Å². The van der Waals surface area contributed by atoms with E-state index in [0.29, 0.717) is 15.7 Å². The minimum absolute atomic E-state index is 0.242. The summed E-state index contributed by atoms with van der Waals surface area (Å²) in [4.78, 5) is 52.7. The van der Waals surface area contributed by atoms with Gasteiger partial charge in [0.25, 0.3) is 17.4 Å². The summed E-state index contributed by atoms with van der Waals surface area (Å²) in [6, 6.07) is 23.0. The summed E-state index contributed by atoms with van der Waals surface area (Å²) in [5, 5.41) is 40.0. The molecule has 11 nitrogen and oxygen atoms in total. The van der Waals surface area contributed by atoms with Crippen molar-refractivity contribution in [2.75, 3.05) is 0 Å². The Bertz CT molecular complexity index is 1730. The van der Waals surface area contributed by atoms with Gasteiger partial charge in [-0.2, -0.15) is 0 Å². The predicted molar refractivity (Wildman–Crippen MR) is 164 cm³/mol. The van der Waals surface area contributed by atoms with E-state index >= 15 is 0 Å². The van der Waals surface area contributed by atoms with Gasteiger partial charge in [0.2, 0.25) is 5.88 Å². The van der Waals surface area contributed by atoms with Gasteiger partial charge in [0, 0.05) is 11.1 Å². The van der Waals surface area contributed by atoms with Crippen LogP contribution in [0, 0.1) is 0 Å². The van der Waals surface area contributed by atoms with E-state index in [4.69, 9.17) is 11.6 Å². The minimum atomic E-state index is -1.70. The van der Waals surface area contributed by atoms with Gasteiger partial charge in [0.15, 0.2) is 11.9 Å². The zero-order chi connectivity index (χ0) is 32.0. The second-order valence-electron chi connectivity index (χ2n) is 10.1. The number of hydrogen-bond acceptors (Lipinski definition) is 7. The lowest BCUT2D eigenvalue weighted by Gasteiger charge is -2.23. The molecule has 0 aliphatic rings. The molecule has 1 heterocycles. The first-order chi connectivity index (χ1) is 21.0. The third kappa shape index (κ3) is 7.08. The molecular weight excluding hydrogens is 588 g/mol. The van der Waals surface area contributed by atoms with Crippen molar-refractivity contribution in [2.24, 2.45) is 0 Å². The average Bonchev–Trinajstić information content (AvgIpc) is 3.00. The molecule has 0 fully saturated rings. The molecule has 12 heteroatoms. The van der Waals surface area contributed by atoms with E-state index in [1.807, 2.05) is 0 Å². The van der Waals surface area contributed by atoms with Crippen LogP contribution in [0.1, 0.15) is 63.3 Å². The summed E-state index contributed by atoms with van der Waals surface area (Å²) >= 11 is 6.28. The van der Waals surface area contributed by atoms with E-state index in [2.05, 4.69) is 16.0 Å². The number of pyridine rings is 1. The van der Waals surface area contributed by atoms with Crippen LogP contribution in [0.2, 0.25) is 5.02 Å². The van der Waals surface area contributed by atoms with E-state index < -0.39 is 64.3 Å². The molecule has 0 bridgehead atoms. The number of hydrogen-bond donors (Lipinski definition) is 6. The van der Waals surface area contributed by atoms with Crippen molar-refractivity contribution < 1.29 is 29.7 Å². The highest BCUT2D eigenvalue weighted by molar-refractivity contribution is 6.31. The van der Waals surface area contributed by atoms with Crippen molar-refractivity contribution in [1.29, 1.82) is 0 Å². The second-order valence-corrected chi connectivity index (χ2v) is 10.5. The highest BCUT2D eigenvalue weighted by Crippen LogP contribution is 2.30. The van der Waals surface area contributed by atoms with Crippen molar-refractivity contribution in [3.63, 3.8) is 0 Å². The lowest BCUT2D eigenvalue weighted by molar-refractivity contribution is -0.140. The first kappa shape index (κ1) is 31.8. The van der Waals surface area contributed by atoms with Crippen LogP contribution in [0.4, 0.5) is 0 Å². The Morgan fingerprint density at radius 2 is 1.30 bits per heavy atom. The number of carboxylic acids is 1. The molecule has 6 N–H and O–H groups in total. The summed E-state index contributed by atoms with van der Waals surface area (Å²) in [5.41, 5.74) is -1.05. The van der Waals surface area contributed by atoms with Crippen molar-refractivity contribution in [2.45, 2.75) is 38.6 Å². The molecule has 44 heavy (non-hydrogen) atoms. The minimum Gasteiger partial charge on any atom is -0.506 e. The van der Waals surface area contributed by atoms with E-state index in [0.717, 1.165) is 5.56 Å². The summed E-state index contributed by atoms with van der Waals surface area (Å²) in [6.45, 7) is 2.99. The van der Waals surface area contributed by atoms with E-state index in [1.54, 1.807) is 98.8 Å². The topological polar surface area (TPSA) is 170 Å². The number of carboxylic acid groups (broad SMARTS) is 1. The molecule has 0 saturated heterocycles. The number of aliphatic carboxylic acids is 1. The Balaban J connectivity index is 1.76. The molecule has 0 radical (unpaired) electrons. The van der Waals surface area contributed by atoms with Gasteiger partial charge < -0.3 is 26.0 Å². The molecule has 3 atom stereocenters. The summed E-state index contributed by atoms with van der Waals surface area (Å²) < 4.78 is 0.716. The molecule has 2 amide bonds. The van der Waals surface area contributed by atoms with E-state index in [9.17, 15) is 34.5 Å². The van der Waals surface area contributed by atoms with E-state index in [-0.39, 0.29) is 11.6 Å². The molecule has 228 valence electrons. The van der Waals surface area contributed by atoms with Gasteiger partial charge in [-0.25, -0.2) is 4.79 Å². The molecular formula is C32H31ClN4O7. The highest BCUT2D eigenvalue weighted by Gasteiger charge is 2.33. The summed E-state index contributed by atoms with van der Waals surface area (Å²) in [7, 11) is 0. The van der Waals surface area contributed by atoms with Crippen LogP contribution >= 0.6 is 11.6 Å². The molecule has 0 aliphatic carbocycles. The van der Waals surface area contributed by atoms with Crippen molar-refractivity contribution >= 4 is 29.4 Å². The number of aromatic hydroxyl groups is 2. The molecule has 1 aromatic heterocycles. The van der Waals surface area contributed by atoms with E-state index in [1.165, 1.54) is 0 Å². The fraction of sp³-hybridized carbons (Fsp3) is 0.188. The van der Waals surface area contributed by atoms with Gasteiger partial charge in [0.1, 0.15) is 11.1 Å². The molecule has 1 unspecified atom stereocenters. The maximum absolute atomic E-state index is 13.6. The lowest BCUT2D eigenvalue weighted by atomic mass is 10.1. The van der Waals surface area contributed by atoms with Crippen LogP contribution in [-0.2, 0) is 11.3 Å². The maximum Gasteiger partial charge on any atom is 0.341 e. The molecule has 3 aromatic carbocycles. The second kappa shape index (κ2) is 13.9. The Hall–Kier alpha value is -5.13. The highest BCUT2D eigenvalue weighted by atomic mass is 35.5. The first-order valence-electron chi connectivity index (χ1n) is 13.6. The first-order valence-corrected chi connectivity index (χ1v) is 14.0. The number of nitrogens with zero attached hydrogens (tertiary/aromatic N) is 1.